The first kappa shape index (κ1) is 19.3. The van der Waals surface area contributed by atoms with Crippen LogP contribution in [0.3, 0.4) is 0 Å². The number of hydrogen-bond donors (Lipinski definition) is 1. The maximum atomic E-state index is 13.0. The highest BCUT2D eigenvalue weighted by Gasteiger charge is 2.42. The molecule has 26 heavy (non-hydrogen) atoms. The summed E-state index contributed by atoms with van der Waals surface area (Å²) in [6.45, 7) is 6.60. The Kier molecular flexibility index (Phi) is 6.30. The number of rotatable bonds is 7. The van der Waals surface area contributed by atoms with E-state index in [2.05, 4.69) is 6.92 Å². The highest BCUT2D eigenvalue weighted by Crippen LogP contribution is 2.40. The van der Waals surface area contributed by atoms with Crippen molar-refractivity contribution < 1.29 is 14.3 Å². The summed E-state index contributed by atoms with van der Waals surface area (Å²) in [5.74, 6) is 2.02. The zero-order valence-electron chi connectivity index (χ0n) is 15.7. The molecule has 0 bridgehead atoms. The molecule has 1 heterocycles. The molecule has 0 spiro atoms. The summed E-state index contributed by atoms with van der Waals surface area (Å²) >= 11 is 6.42. The van der Waals surface area contributed by atoms with Crippen molar-refractivity contribution in [3.8, 4) is 11.5 Å². The third kappa shape index (κ3) is 3.94. The van der Waals surface area contributed by atoms with Gasteiger partial charge in [-0.1, -0.05) is 24.9 Å². The van der Waals surface area contributed by atoms with E-state index in [9.17, 15) is 4.79 Å². The van der Waals surface area contributed by atoms with Crippen LogP contribution in [0.2, 0.25) is 5.02 Å². The van der Waals surface area contributed by atoms with Gasteiger partial charge in [0.05, 0.1) is 18.2 Å². The number of ether oxygens (including phenoxy) is 2. The Bertz CT molecular complexity index is 652. The molecular formula is C20H29ClN2O3. The lowest BCUT2D eigenvalue weighted by Gasteiger charge is -2.20. The van der Waals surface area contributed by atoms with E-state index in [1.165, 1.54) is 0 Å². The van der Waals surface area contributed by atoms with Crippen molar-refractivity contribution in [3.05, 3.63) is 22.7 Å². The fourth-order valence-corrected chi connectivity index (χ4v) is 4.33. The van der Waals surface area contributed by atoms with Gasteiger partial charge in [0.1, 0.15) is 0 Å². The molecule has 3 atom stereocenters. The number of carbonyl (C=O) groups is 1. The lowest BCUT2D eigenvalue weighted by molar-refractivity contribution is 0.0779. The fourth-order valence-electron chi connectivity index (χ4n) is 4.07. The minimum absolute atomic E-state index is 0.00504. The van der Waals surface area contributed by atoms with E-state index >= 15 is 0 Å². The van der Waals surface area contributed by atoms with Gasteiger partial charge in [-0.05, 0) is 50.2 Å². The number of halogens is 1. The molecule has 1 aliphatic heterocycles. The molecule has 1 aromatic rings. The Balaban J connectivity index is 1.78. The van der Waals surface area contributed by atoms with Gasteiger partial charge in [0.15, 0.2) is 11.5 Å². The summed E-state index contributed by atoms with van der Waals surface area (Å²) in [7, 11) is 0. The number of likely N-dealkylation sites (tertiary alicyclic amines) is 1. The molecule has 1 saturated heterocycles. The molecule has 2 fully saturated rings. The van der Waals surface area contributed by atoms with Gasteiger partial charge in [0.25, 0.3) is 5.91 Å². The van der Waals surface area contributed by atoms with Crippen molar-refractivity contribution in [2.75, 3.05) is 26.3 Å². The molecule has 1 aromatic carbocycles. The molecule has 0 aromatic heterocycles. The van der Waals surface area contributed by atoms with Gasteiger partial charge in [-0.2, -0.15) is 0 Å². The summed E-state index contributed by atoms with van der Waals surface area (Å²) in [6, 6.07) is 3.67. The number of carbonyl (C=O) groups excluding carboxylic acids is 1. The van der Waals surface area contributed by atoms with Crippen LogP contribution in [-0.4, -0.2) is 43.2 Å². The Morgan fingerprint density at radius 1 is 1.27 bits per heavy atom. The zero-order chi connectivity index (χ0) is 18.7. The Morgan fingerprint density at radius 3 is 2.77 bits per heavy atom. The lowest BCUT2D eigenvalue weighted by Crippen LogP contribution is -2.33. The van der Waals surface area contributed by atoms with Crippen LogP contribution in [0.1, 0.15) is 49.9 Å². The molecule has 0 radical (unpaired) electrons. The predicted octanol–water partition coefficient (Wildman–Crippen LogP) is 3.73. The predicted molar refractivity (Wildman–Crippen MR) is 103 cm³/mol. The molecule has 3 unspecified atom stereocenters. The van der Waals surface area contributed by atoms with Crippen LogP contribution in [0.4, 0.5) is 0 Å². The van der Waals surface area contributed by atoms with Gasteiger partial charge in [-0.15, -0.1) is 0 Å². The van der Waals surface area contributed by atoms with Crippen molar-refractivity contribution in [1.82, 2.24) is 4.90 Å². The van der Waals surface area contributed by atoms with Crippen LogP contribution in [0, 0.1) is 11.8 Å². The van der Waals surface area contributed by atoms with Crippen LogP contribution in [0.5, 0.6) is 11.5 Å². The number of benzene rings is 1. The summed E-state index contributed by atoms with van der Waals surface area (Å²) < 4.78 is 11.5. The summed E-state index contributed by atoms with van der Waals surface area (Å²) in [5, 5.41) is 0.423. The third-order valence-electron chi connectivity index (χ3n) is 5.50. The van der Waals surface area contributed by atoms with Crippen molar-refractivity contribution in [2.24, 2.45) is 17.6 Å². The third-order valence-corrected chi connectivity index (χ3v) is 5.78. The smallest absolute Gasteiger partial charge is 0.254 e. The Morgan fingerprint density at radius 2 is 2.08 bits per heavy atom. The van der Waals surface area contributed by atoms with Crippen LogP contribution >= 0.6 is 11.6 Å². The topological polar surface area (TPSA) is 64.8 Å². The van der Waals surface area contributed by atoms with Crippen molar-refractivity contribution >= 4 is 17.5 Å². The highest BCUT2D eigenvalue weighted by atomic mass is 35.5. The Labute approximate surface area is 160 Å². The molecular weight excluding hydrogens is 352 g/mol. The van der Waals surface area contributed by atoms with E-state index in [1.807, 2.05) is 11.8 Å². The SMILES string of the molecule is CCCCOc1c(Cl)cc(C(=O)N2CC3CCC(N)C3C2)cc1OCC. The minimum atomic E-state index is -0.00504. The first-order chi connectivity index (χ1) is 12.5. The van der Waals surface area contributed by atoms with Gasteiger partial charge in [0, 0.05) is 24.7 Å². The van der Waals surface area contributed by atoms with E-state index in [0.717, 1.165) is 38.8 Å². The number of fused-ring (bicyclic) bond motifs is 1. The van der Waals surface area contributed by atoms with Crippen LogP contribution in [-0.2, 0) is 0 Å². The monoisotopic (exact) mass is 380 g/mol. The van der Waals surface area contributed by atoms with Gasteiger partial charge in [0.2, 0.25) is 0 Å². The van der Waals surface area contributed by atoms with Crippen molar-refractivity contribution in [3.63, 3.8) is 0 Å². The van der Waals surface area contributed by atoms with Gasteiger partial charge >= 0.3 is 0 Å². The molecule has 1 amide bonds. The molecule has 3 rings (SSSR count). The molecule has 2 N–H and O–H groups in total. The summed E-state index contributed by atoms with van der Waals surface area (Å²) in [5.41, 5.74) is 6.74. The standard InChI is InChI=1S/C20H29ClN2O3/c1-3-5-8-26-19-16(21)9-14(10-18(19)25-4-2)20(24)23-11-13-6-7-17(22)15(13)12-23/h9-10,13,15,17H,3-8,11-12,22H2,1-2H3. The second-order valence-electron chi connectivity index (χ2n) is 7.30. The Hall–Kier alpha value is -1.46. The summed E-state index contributed by atoms with van der Waals surface area (Å²) in [6.07, 6.45) is 4.17. The average Bonchev–Trinajstić information content (AvgIpc) is 3.19. The average molecular weight is 381 g/mol. The largest absolute Gasteiger partial charge is 0.490 e. The fraction of sp³-hybridized carbons (Fsp3) is 0.650. The van der Waals surface area contributed by atoms with Gasteiger partial charge < -0.3 is 20.1 Å². The highest BCUT2D eigenvalue weighted by molar-refractivity contribution is 6.32. The lowest BCUT2D eigenvalue weighted by atomic mass is 9.98. The minimum Gasteiger partial charge on any atom is -0.490 e. The first-order valence-corrected chi connectivity index (χ1v) is 10.1. The van der Waals surface area contributed by atoms with Crippen molar-refractivity contribution in [1.29, 1.82) is 0 Å². The first-order valence-electron chi connectivity index (χ1n) is 9.69. The second-order valence-corrected chi connectivity index (χ2v) is 7.70. The zero-order valence-corrected chi connectivity index (χ0v) is 16.4. The van der Waals surface area contributed by atoms with Gasteiger partial charge in [-0.25, -0.2) is 0 Å². The molecule has 144 valence electrons. The number of unbranched alkanes of at least 4 members (excludes halogenated alkanes) is 1. The summed E-state index contributed by atoms with van der Waals surface area (Å²) in [4.78, 5) is 14.9. The molecule has 5 nitrogen and oxygen atoms in total. The maximum absolute atomic E-state index is 13.0. The second kappa shape index (κ2) is 8.49. The normalized spacial score (nSPS) is 24.6. The molecule has 1 aliphatic carbocycles. The van der Waals surface area contributed by atoms with E-state index in [-0.39, 0.29) is 11.9 Å². The number of nitrogens with two attached hydrogens (primary N) is 1. The molecule has 6 heteroatoms. The van der Waals surface area contributed by atoms with Crippen LogP contribution in [0.25, 0.3) is 0 Å². The van der Waals surface area contributed by atoms with E-state index < -0.39 is 0 Å². The van der Waals surface area contributed by atoms with E-state index in [4.69, 9.17) is 26.8 Å². The van der Waals surface area contributed by atoms with Crippen LogP contribution in [0.15, 0.2) is 12.1 Å². The van der Waals surface area contributed by atoms with Crippen molar-refractivity contribution in [2.45, 2.75) is 45.6 Å². The van der Waals surface area contributed by atoms with E-state index in [0.29, 0.717) is 47.1 Å². The molecule has 1 saturated carbocycles. The number of hydrogen-bond acceptors (Lipinski definition) is 4. The number of amides is 1. The van der Waals surface area contributed by atoms with E-state index in [1.54, 1.807) is 12.1 Å². The quantitative estimate of drug-likeness (QED) is 0.732. The van der Waals surface area contributed by atoms with Gasteiger partial charge in [-0.3, -0.25) is 4.79 Å². The number of nitrogens with zero attached hydrogens (tertiary/aromatic N) is 1. The maximum Gasteiger partial charge on any atom is 0.254 e. The molecule has 2 aliphatic rings. The van der Waals surface area contributed by atoms with Crippen LogP contribution < -0.4 is 15.2 Å².